The van der Waals surface area contributed by atoms with E-state index in [2.05, 4.69) is 20.6 Å². The Bertz CT molecular complexity index is 1170. The Morgan fingerprint density at radius 2 is 1.61 bits per heavy atom. The second kappa shape index (κ2) is 9.15. The van der Waals surface area contributed by atoms with Crippen molar-refractivity contribution in [3.8, 4) is 0 Å². The molecule has 1 aromatic heterocycles. The highest BCUT2D eigenvalue weighted by atomic mass is 32.2. The van der Waals surface area contributed by atoms with E-state index in [1.807, 2.05) is 6.26 Å². The van der Waals surface area contributed by atoms with Crippen LogP contribution >= 0.6 is 11.8 Å². The van der Waals surface area contributed by atoms with Gasteiger partial charge in [-0.2, -0.15) is 13.2 Å². The van der Waals surface area contributed by atoms with Gasteiger partial charge < -0.3 is 10.6 Å². The summed E-state index contributed by atoms with van der Waals surface area (Å²) in [6.45, 7) is 1.58. The van der Waals surface area contributed by atoms with Gasteiger partial charge in [-0.25, -0.2) is 18.4 Å². The van der Waals surface area contributed by atoms with Gasteiger partial charge in [0.25, 0.3) is 0 Å². The highest BCUT2D eigenvalue weighted by Gasteiger charge is 2.29. The quantitative estimate of drug-likeness (QED) is 0.443. The maximum Gasteiger partial charge on any atom is 0.416 e. The molecule has 1 heterocycles. The summed E-state index contributed by atoms with van der Waals surface area (Å²) in [6.07, 6.45) is -1.24. The smallest absolute Gasteiger partial charge is 0.340 e. The minimum atomic E-state index is -4.40. The van der Waals surface area contributed by atoms with Crippen molar-refractivity contribution < 1.29 is 21.6 Å². The second-order valence-corrected chi connectivity index (χ2v) is 9.51. The van der Waals surface area contributed by atoms with Crippen LogP contribution in [0.2, 0.25) is 0 Å². The number of anilines is 4. The van der Waals surface area contributed by atoms with Crippen LogP contribution in [0.3, 0.4) is 0 Å². The number of halogens is 3. The molecule has 2 aromatic carbocycles. The van der Waals surface area contributed by atoms with Crippen LogP contribution in [0.4, 0.5) is 36.2 Å². The van der Waals surface area contributed by atoms with E-state index in [1.54, 1.807) is 31.2 Å². The molecular formula is C20H19F3N4O2S2. The molecule has 0 aliphatic carbocycles. The molecule has 0 saturated carbocycles. The predicted molar refractivity (Wildman–Crippen MR) is 116 cm³/mol. The standard InChI is InChI=1S/C20H19F3N4O2S2/c1-3-31(28,29)15-8-9-17(30-2)16(10-15)27-19-11-18(24-12-25-19)26-14-6-4-13(5-7-14)20(21,22)23/h4-12H,3H2,1-2H3,(H2,24,25,26,27). The summed E-state index contributed by atoms with van der Waals surface area (Å²) in [5.74, 6) is 0.741. The Hall–Kier alpha value is -2.79. The van der Waals surface area contributed by atoms with Gasteiger partial charge in [-0.1, -0.05) is 6.92 Å². The maximum atomic E-state index is 12.7. The number of sulfone groups is 1. The van der Waals surface area contributed by atoms with E-state index in [9.17, 15) is 21.6 Å². The minimum Gasteiger partial charge on any atom is -0.340 e. The zero-order valence-corrected chi connectivity index (χ0v) is 18.2. The van der Waals surface area contributed by atoms with E-state index >= 15 is 0 Å². The van der Waals surface area contributed by atoms with Crippen molar-refractivity contribution in [3.63, 3.8) is 0 Å². The zero-order chi connectivity index (χ0) is 22.6. The van der Waals surface area contributed by atoms with Crippen LogP contribution in [0.5, 0.6) is 0 Å². The first kappa shape index (κ1) is 22.9. The number of thioether (sulfide) groups is 1. The maximum absolute atomic E-state index is 12.7. The third-order valence-corrected chi connectivity index (χ3v) is 6.85. The van der Waals surface area contributed by atoms with Crippen LogP contribution < -0.4 is 10.6 Å². The lowest BCUT2D eigenvalue weighted by molar-refractivity contribution is -0.137. The molecule has 0 saturated heterocycles. The molecule has 0 fully saturated rings. The van der Waals surface area contributed by atoms with Crippen LogP contribution in [0.15, 0.2) is 64.6 Å². The van der Waals surface area contributed by atoms with Gasteiger partial charge in [0.1, 0.15) is 18.0 Å². The zero-order valence-electron chi connectivity index (χ0n) is 16.6. The Labute approximate surface area is 182 Å². The fourth-order valence-corrected chi connectivity index (χ4v) is 4.11. The molecule has 3 aromatic rings. The van der Waals surface area contributed by atoms with Crippen molar-refractivity contribution in [3.05, 3.63) is 60.4 Å². The van der Waals surface area contributed by atoms with E-state index in [-0.39, 0.29) is 10.6 Å². The van der Waals surface area contributed by atoms with Gasteiger partial charge in [-0.05, 0) is 48.7 Å². The summed E-state index contributed by atoms with van der Waals surface area (Å²) in [5.41, 5.74) is 0.259. The molecular weight excluding hydrogens is 449 g/mol. The van der Waals surface area contributed by atoms with Crippen LogP contribution in [0.25, 0.3) is 0 Å². The molecule has 0 aliphatic heterocycles. The molecule has 31 heavy (non-hydrogen) atoms. The van der Waals surface area contributed by atoms with E-state index < -0.39 is 21.6 Å². The van der Waals surface area contributed by atoms with Crippen molar-refractivity contribution in [1.29, 1.82) is 0 Å². The molecule has 0 bridgehead atoms. The van der Waals surface area contributed by atoms with Crippen LogP contribution in [0, 0.1) is 0 Å². The number of nitrogens with zero attached hydrogens (tertiary/aromatic N) is 2. The third-order valence-electron chi connectivity index (χ3n) is 4.32. The van der Waals surface area contributed by atoms with Gasteiger partial charge in [0.05, 0.1) is 21.9 Å². The second-order valence-electron chi connectivity index (χ2n) is 6.38. The largest absolute Gasteiger partial charge is 0.416 e. The number of rotatable bonds is 7. The van der Waals surface area contributed by atoms with Gasteiger partial charge in [-0.15, -0.1) is 11.8 Å². The van der Waals surface area contributed by atoms with Gasteiger partial charge in [0.15, 0.2) is 9.84 Å². The molecule has 3 rings (SSSR count). The van der Waals surface area contributed by atoms with Crippen molar-refractivity contribution in [1.82, 2.24) is 9.97 Å². The molecule has 6 nitrogen and oxygen atoms in total. The summed E-state index contributed by atoms with van der Waals surface area (Å²) >= 11 is 1.44. The lowest BCUT2D eigenvalue weighted by atomic mass is 10.2. The molecule has 0 unspecified atom stereocenters. The number of aromatic nitrogens is 2. The summed E-state index contributed by atoms with van der Waals surface area (Å²) in [6, 6.07) is 11.0. The Morgan fingerprint density at radius 1 is 0.968 bits per heavy atom. The fourth-order valence-electron chi connectivity index (χ4n) is 2.67. The molecule has 0 amide bonds. The summed E-state index contributed by atoms with van der Waals surface area (Å²) in [7, 11) is -3.38. The first-order valence-corrected chi connectivity index (χ1v) is 11.9. The predicted octanol–water partition coefficient (Wildman–Crippen LogP) is 5.50. The van der Waals surface area contributed by atoms with E-state index in [0.29, 0.717) is 23.0 Å². The van der Waals surface area contributed by atoms with Crippen molar-refractivity contribution in [2.45, 2.75) is 22.9 Å². The van der Waals surface area contributed by atoms with Crippen LogP contribution in [-0.4, -0.2) is 30.4 Å². The van der Waals surface area contributed by atoms with Crippen molar-refractivity contribution >= 4 is 44.6 Å². The van der Waals surface area contributed by atoms with Crippen molar-refractivity contribution in [2.24, 2.45) is 0 Å². The number of hydrogen-bond acceptors (Lipinski definition) is 7. The fraction of sp³-hybridized carbons (Fsp3) is 0.200. The number of benzene rings is 2. The average Bonchev–Trinajstić information content (AvgIpc) is 2.73. The molecule has 0 radical (unpaired) electrons. The molecule has 2 N–H and O–H groups in total. The van der Waals surface area contributed by atoms with Gasteiger partial charge in [0, 0.05) is 16.6 Å². The van der Waals surface area contributed by atoms with Gasteiger partial charge in [0.2, 0.25) is 0 Å². The number of hydrogen-bond donors (Lipinski definition) is 2. The van der Waals surface area contributed by atoms with Gasteiger partial charge in [-0.3, -0.25) is 0 Å². The first-order valence-electron chi connectivity index (χ1n) is 9.06. The molecule has 164 valence electrons. The van der Waals surface area contributed by atoms with E-state index in [1.165, 1.54) is 30.2 Å². The van der Waals surface area contributed by atoms with Gasteiger partial charge >= 0.3 is 6.18 Å². The number of alkyl halides is 3. The third kappa shape index (κ3) is 5.67. The summed E-state index contributed by atoms with van der Waals surface area (Å²) < 4.78 is 62.5. The van der Waals surface area contributed by atoms with Crippen molar-refractivity contribution in [2.75, 3.05) is 22.6 Å². The number of nitrogens with one attached hydrogen (secondary N) is 2. The molecule has 0 atom stereocenters. The monoisotopic (exact) mass is 468 g/mol. The Kier molecular flexibility index (Phi) is 6.75. The molecule has 11 heteroatoms. The van der Waals surface area contributed by atoms with E-state index in [4.69, 9.17) is 0 Å². The topological polar surface area (TPSA) is 84.0 Å². The molecule has 0 spiro atoms. The highest BCUT2D eigenvalue weighted by molar-refractivity contribution is 7.98. The average molecular weight is 469 g/mol. The lowest BCUT2D eigenvalue weighted by Gasteiger charge is -2.13. The Balaban J connectivity index is 1.83. The highest BCUT2D eigenvalue weighted by Crippen LogP contribution is 2.32. The minimum absolute atomic E-state index is 0.0141. The Morgan fingerprint density at radius 3 is 2.19 bits per heavy atom. The summed E-state index contributed by atoms with van der Waals surface area (Å²) in [4.78, 5) is 9.24. The summed E-state index contributed by atoms with van der Waals surface area (Å²) in [5, 5.41) is 6.01. The lowest BCUT2D eigenvalue weighted by Crippen LogP contribution is -2.05. The van der Waals surface area contributed by atoms with Crippen LogP contribution in [-0.2, 0) is 16.0 Å². The molecule has 0 aliphatic rings. The normalized spacial score (nSPS) is 11.9. The first-order chi connectivity index (χ1) is 14.6. The van der Waals surface area contributed by atoms with Crippen LogP contribution in [0.1, 0.15) is 12.5 Å². The SMILES string of the molecule is CCS(=O)(=O)c1ccc(SC)c(Nc2cc(Nc3ccc(C(F)(F)F)cc3)ncn2)c1. The van der Waals surface area contributed by atoms with E-state index in [0.717, 1.165) is 17.0 Å².